The van der Waals surface area contributed by atoms with Crippen LogP contribution < -0.4 is 16.6 Å². The minimum Gasteiger partial charge on any atom is -0.375 e. The molecule has 0 saturated heterocycles. The molecule has 0 unspecified atom stereocenters. The Morgan fingerprint density at radius 1 is 1.00 bits per heavy atom. The zero-order valence-electron chi connectivity index (χ0n) is 11.7. The summed E-state index contributed by atoms with van der Waals surface area (Å²) in [5.74, 6) is -0.0675. The molecule has 0 heterocycles. The third kappa shape index (κ3) is 8.48. The molecular weight excluding hydrogens is 270 g/mol. The largest absolute Gasteiger partial charge is 0.375 e. The molecule has 1 aromatic rings. The van der Waals surface area contributed by atoms with Gasteiger partial charge in [-0.05, 0) is 37.0 Å². The number of hydrogen-bond acceptors (Lipinski definition) is 2. The smallest absolute Gasteiger partial charge is 0.238 e. The van der Waals surface area contributed by atoms with E-state index in [-0.39, 0.29) is 11.0 Å². The lowest BCUT2D eigenvalue weighted by Crippen LogP contribution is -2.44. The predicted molar refractivity (Wildman–Crippen MR) is 85.9 cm³/mol. The maximum atomic E-state index is 11.3. The molecule has 1 aromatic carbocycles. The van der Waals surface area contributed by atoms with Crippen molar-refractivity contribution in [3.8, 4) is 0 Å². The number of carbonyl (C=O) groups is 1. The lowest BCUT2D eigenvalue weighted by Gasteiger charge is -2.06. The maximum absolute atomic E-state index is 11.3. The van der Waals surface area contributed by atoms with Crippen LogP contribution in [0.25, 0.3) is 0 Å². The predicted octanol–water partition coefficient (Wildman–Crippen LogP) is 2.43. The third-order valence-electron chi connectivity index (χ3n) is 3.04. The standard InChI is InChI=1S/C15H23N3OS/c16-15(20)18-17-14(19)12-8-3-1-2-5-9-13-10-6-4-7-11-13/h4,6-7,10-11H,1-3,5,8-9,12H2,(H,17,19)(H3,16,18,20). The SMILES string of the molecule is NC(=S)NNC(=O)CCCCCCCc1ccccc1. The molecule has 5 heteroatoms. The van der Waals surface area contributed by atoms with E-state index in [0.717, 1.165) is 19.3 Å². The zero-order valence-corrected chi connectivity index (χ0v) is 12.5. The van der Waals surface area contributed by atoms with Gasteiger partial charge < -0.3 is 5.73 Å². The quantitative estimate of drug-likeness (QED) is 0.391. The van der Waals surface area contributed by atoms with E-state index in [9.17, 15) is 4.79 Å². The van der Waals surface area contributed by atoms with Crippen LogP contribution in [0.1, 0.15) is 44.1 Å². The van der Waals surface area contributed by atoms with Gasteiger partial charge in [0.05, 0.1) is 0 Å². The van der Waals surface area contributed by atoms with Crippen molar-refractivity contribution in [2.75, 3.05) is 0 Å². The van der Waals surface area contributed by atoms with Gasteiger partial charge in [-0.3, -0.25) is 15.6 Å². The van der Waals surface area contributed by atoms with Gasteiger partial charge in [0.1, 0.15) is 0 Å². The van der Waals surface area contributed by atoms with E-state index in [0.29, 0.717) is 6.42 Å². The van der Waals surface area contributed by atoms with E-state index in [1.807, 2.05) is 6.07 Å². The van der Waals surface area contributed by atoms with Crippen LogP contribution in [0.2, 0.25) is 0 Å². The second-order valence-corrected chi connectivity index (χ2v) is 5.23. The lowest BCUT2D eigenvalue weighted by molar-refractivity contribution is -0.121. The molecule has 0 aromatic heterocycles. The van der Waals surface area contributed by atoms with E-state index in [1.54, 1.807) is 0 Å². The van der Waals surface area contributed by atoms with Crippen molar-refractivity contribution in [3.05, 3.63) is 35.9 Å². The number of hydrogen-bond donors (Lipinski definition) is 3. The molecule has 1 amide bonds. The average molecular weight is 293 g/mol. The molecule has 1 rings (SSSR count). The summed E-state index contributed by atoms with van der Waals surface area (Å²) in [6, 6.07) is 10.5. The Labute approximate surface area is 126 Å². The summed E-state index contributed by atoms with van der Waals surface area (Å²) in [4.78, 5) is 11.3. The highest BCUT2D eigenvalue weighted by atomic mass is 32.1. The molecule has 20 heavy (non-hydrogen) atoms. The van der Waals surface area contributed by atoms with E-state index in [2.05, 4.69) is 47.3 Å². The molecule has 4 nitrogen and oxygen atoms in total. The number of nitrogens with one attached hydrogen (secondary N) is 2. The highest BCUT2D eigenvalue weighted by Crippen LogP contribution is 2.09. The fourth-order valence-electron chi connectivity index (χ4n) is 1.98. The summed E-state index contributed by atoms with van der Waals surface area (Å²) in [5, 5.41) is 0.0826. The van der Waals surface area contributed by atoms with Crippen molar-refractivity contribution >= 4 is 23.2 Å². The van der Waals surface area contributed by atoms with Crippen molar-refractivity contribution in [1.82, 2.24) is 10.9 Å². The van der Waals surface area contributed by atoms with Crippen LogP contribution in [-0.4, -0.2) is 11.0 Å². The Hall–Kier alpha value is -1.62. The van der Waals surface area contributed by atoms with Crippen molar-refractivity contribution in [2.45, 2.75) is 44.9 Å². The minimum atomic E-state index is -0.0675. The topological polar surface area (TPSA) is 67.2 Å². The molecule has 110 valence electrons. The average Bonchev–Trinajstić information content (AvgIpc) is 2.45. The van der Waals surface area contributed by atoms with Gasteiger partial charge in [-0.15, -0.1) is 0 Å². The highest BCUT2D eigenvalue weighted by Gasteiger charge is 2.00. The first-order valence-electron chi connectivity index (χ1n) is 7.06. The summed E-state index contributed by atoms with van der Waals surface area (Å²) >= 11 is 4.59. The summed E-state index contributed by atoms with van der Waals surface area (Å²) in [7, 11) is 0. The van der Waals surface area contributed by atoms with Crippen LogP contribution in [0.5, 0.6) is 0 Å². The van der Waals surface area contributed by atoms with E-state index < -0.39 is 0 Å². The van der Waals surface area contributed by atoms with Crippen molar-refractivity contribution in [3.63, 3.8) is 0 Å². The molecule has 0 radical (unpaired) electrons. The summed E-state index contributed by atoms with van der Waals surface area (Å²) in [5.41, 5.74) is 11.5. The van der Waals surface area contributed by atoms with E-state index >= 15 is 0 Å². The second kappa shape index (κ2) is 10.2. The fraction of sp³-hybridized carbons (Fsp3) is 0.467. The fourth-order valence-corrected chi connectivity index (χ4v) is 2.03. The van der Waals surface area contributed by atoms with Crippen LogP contribution in [0.3, 0.4) is 0 Å². The molecular formula is C15H23N3OS. The molecule has 4 N–H and O–H groups in total. The first-order valence-corrected chi connectivity index (χ1v) is 7.47. The van der Waals surface area contributed by atoms with Crippen LogP contribution in [0, 0.1) is 0 Å². The van der Waals surface area contributed by atoms with Gasteiger partial charge in [-0.1, -0.05) is 49.6 Å². The number of unbranched alkanes of at least 4 members (excludes halogenated alkanes) is 4. The molecule has 0 bridgehead atoms. The molecule has 0 aliphatic carbocycles. The number of carbonyl (C=O) groups excluding carboxylic acids is 1. The second-order valence-electron chi connectivity index (χ2n) is 4.79. The third-order valence-corrected chi connectivity index (χ3v) is 3.14. The normalized spacial score (nSPS) is 10.0. The Balaban J connectivity index is 1.92. The maximum Gasteiger partial charge on any atom is 0.238 e. The van der Waals surface area contributed by atoms with Gasteiger partial charge in [0, 0.05) is 6.42 Å². The molecule has 0 saturated carbocycles. The number of aryl methyl sites for hydroxylation is 1. The summed E-state index contributed by atoms with van der Waals surface area (Å²) in [6.45, 7) is 0. The number of thiocarbonyl (C=S) groups is 1. The summed E-state index contributed by atoms with van der Waals surface area (Å²) in [6.07, 6.45) is 7.21. The highest BCUT2D eigenvalue weighted by molar-refractivity contribution is 7.80. The van der Waals surface area contributed by atoms with Gasteiger partial charge in [-0.25, -0.2) is 0 Å². The first kappa shape index (κ1) is 16.4. The van der Waals surface area contributed by atoms with E-state index in [1.165, 1.54) is 24.8 Å². The van der Waals surface area contributed by atoms with Crippen LogP contribution in [-0.2, 0) is 11.2 Å². The molecule has 0 aliphatic heterocycles. The Morgan fingerprint density at radius 2 is 1.65 bits per heavy atom. The van der Waals surface area contributed by atoms with Crippen LogP contribution in [0.4, 0.5) is 0 Å². The zero-order chi connectivity index (χ0) is 14.6. The molecule has 0 spiro atoms. The van der Waals surface area contributed by atoms with Crippen molar-refractivity contribution in [2.24, 2.45) is 5.73 Å². The Kier molecular flexibility index (Phi) is 8.38. The van der Waals surface area contributed by atoms with Crippen LogP contribution >= 0.6 is 12.2 Å². The van der Waals surface area contributed by atoms with Gasteiger partial charge in [-0.2, -0.15) is 0 Å². The Bertz CT molecular complexity index is 409. The number of amides is 1. The minimum absolute atomic E-state index is 0.0675. The van der Waals surface area contributed by atoms with Gasteiger partial charge in [0.2, 0.25) is 5.91 Å². The Morgan fingerprint density at radius 3 is 2.35 bits per heavy atom. The number of nitrogens with two attached hydrogens (primary N) is 1. The van der Waals surface area contributed by atoms with Crippen molar-refractivity contribution in [1.29, 1.82) is 0 Å². The monoisotopic (exact) mass is 293 g/mol. The molecule has 0 aliphatic rings. The number of hydrazine groups is 1. The lowest BCUT2D eigenvalue weighted by atomic mass is 10.0. The summed E-state index contributed by atoms with van der Waals surface area (Å²) < 4.78 is 0. The van der Waals surface area contributed by atoms with Crippen LogP contribution in [0.15, 0.2) is 30.3 Å². The van der Waals surface area contributed by atoms with Gasteiger partial charge in [0.15, 0.2) is 5.11 Å². The number of rotatable bonds is 8. The van der Waals surface area contributed by atoms with Gasteiger partial charge in [0.25, 0.3) is 0 Å². The van der Waals surface area contributed by atoms with Gasteiger partial charge >= 0.3 is 0 Å². The van der Waals surface area contributed by atoms with E-state index in [4.69, 9.17) is 5.73 Å². The first-order chi connectivity index (χ1) is 9.68. The molecule has 0 atom stereocenters. The number of benzene rings is 1. The molecule has 0 fully saturated rings. The van der Waals surface area contributed by atoms with Crippen molar-refractivity contribution < 1.29 is 4.79 Å².